The van der Waals surface area contributed by atoms with Crippen molar-refractivity contribution >= 4 is 12.0 Å². The number of carbonyl (C=O) groups excluding carboxylic acids is 2. The Labute approximate surface area is 168 Å². The zero-order valence-corrected chi connectivity index (χ0v) is 16.8. The molecule has 0 radical (unpaired) electrons. The van der Waals surface area contributed by atoms with Crippen LogP contribution in [0.25, 0.3) is 0 Å². The second-order valence-corrected chi connectivity index (χ2v) is 8.34. The van der Waals surface area contributed by atoms with E-state index in [4.69, 9.17) is 9.47 Å². The van der Waals surface area contributed by atoms with Gasteiger partial charge in [-0.15, -0.1) is 0 Å². The SMILES string of the molecule is CC(C)(C)OC(=O)N(CC(=O)N1CCOCC1)C1CC1c1cc(F)cc(F)c1O. The first-order valence-corrected chi connectivity index (χ1v) is 9.60. The number of ether oxygens (including phenoxy) is 2. The lowest BCUT2D eigenvalue weighted by Crippen LogP contribution is -2.49. The fourth-order valence-electron chi connectivity index (χ4n) is 3.43. The third-order valence-corrected chi connectivity index (χ3v) is 4.91. The average molecular weight is 412 g/mol. The van der Waals surface area contributed by atoms with E-state index in [2.05, 4.69) is 0 Å². The summed E-state index contributed by atoms with van der Waals surface area (Å²) in [7, 11) is 0. The van der Waals surface area contributed by atoms with Gasteiger partial charge in [0.05, 0.1) is 13.2 Å². The molecule has 2 atom stereocenters. The highest BCUT2D eigenvalue weighted by Gasteiger charge is 2.48. The number of phenols is 1. The van der Waals surface area contributed by atoms with Gasteiger partial charge in [0.15, 0.2) is 11.6 Å². The van der Waals surface area contributed by atoms with Crippen LogP contribution in [0.5, 0.6) is 5.75 Å². The highest BCUT2D eigenvalue weighted by molar-refractivity contribution is 5.83. The van der Waals surface area contributed by atoms with Gasteiger partial charge in [0.2, 0.25) is 5.91 Å². The number of rotatable bonds is 4. The van der Waals surface area contributed by atoms with Crippen LogP contribution in [0.4, 0.5) is 13.6 Å². The highest BCUT2D eigenvalue weighted by Crippen LogP contribution is 2.48. The number of benzene rings is 1. The second kappa shape index (κ2) is 8.14. The van der Waals surface area contributed by atoms with Gasteiger partial charge in [0.1, 0.15) is 18.0 Å². The lowest BCUT2D eigenvalue weighted by molar-refractivity contribution is -0.136. The zero-order valence-electron chi connectivity index (χ0n) is 16.8. The molecule has 160 valence electrons. The number of hydrogen-bond acceptors (Lipinski definition) is 5. The third kappa shape index (κ3) is 5.14. The molecule has 2 aliphatic rings. The number of amides is 2. The summed E-state index contributed by atoms with van der Waals surface area (Å²) < 4.78 is 38.0. The summed E-state index contributed by atoms with van der Waals surface area (Å²) >= 11 is 0. The Bertz CT molecular complexity index is 790. The average Bonchev–Trinajstić information content (AvgIpc) is 3.41. The summed E-state index contributed by atoms with van der Waals surface area (Å²) in [6.07, 6.45) is -0.311. The van der Waals surface area contributed by atoms with Crippen molar-refractivity contribution in [3.8, 4) is 5.75 Å². The minimum atomic E-state index is -1.06. The monoisotopic (exact) mass is 412 g/mol. The molecule has 29 heavy (non-hydrogen) atoms. The van der Waals surface area contributed by atoms with E-state index in [-0.39, 0.29) is 18.0 Å². The Kier molecular flexibility index (Phi) is 5.97. The van der Waals surface area contributed by atoms with E-state index >= 15 is 0 Å². The van der Waals surface area contributed by atoms with Crippen LogP contribution in [0.1, 0.15) is 38.7 Å². The van der Waals surface area contributed by atoms with Crippen LogP contribution in [0.2, 0.25) is 0 Å². The van der Waals surface area contributed by atoms with Crippen LogP contribution in [-0.2, 0) is 14.3 Å². The fourth-order valence-corrected chi connectivity index (χ4v) is 3.43. The molecule has 1 aliphatic heterocycles. The largest absolute Gasteiger partial charge is 0.505 e. The van der Waals surface area contributed by atoms with E-state index in [9.17, 15) is 23.5 Å². The molecular weight excluding hydrogens is 386 g/mol. The molecule has 1 aromatic rings. The summed E-state index contributed by atoms with van der Waals surface area (Å²) in [6, 6.07) is 1.16. The first kappa shape index (κ1) is 21.3. The van der Waals surface area contributed by atoms with Crippen LogP contribution in [-0.4, -0.2) is 71.4 Å². The molecule has 1 aliphatic carbocycles. The van der Waals surface area contributed by atoms with E-state index < -0.39 is 41.0 Å². The van der Waals surface area contributed by atoms with Crippen molar-refractivity contribution in [2.45, 2.75) is 44.8 Å². The quantitative estimate of drug-likeness (QED) is 0.823. The van der Waals surface area contributed by atoms with Crippen molar-refractivity contribution in [2.75, 3.05) is 32.8 Å². The molecule has 0 spiro atoms. The van der Waals surface area contributed by atoms with Crippen LogP contribution in [0, 0.1) is 11.6 Å². The Morgan fingerprint density at radius 1 is 1.28 bits per heavy atom. The molecule has 7 nitrogen and oxygen atoms in total. The molecule has 0 aromatic heterocycles. The molecule has 0 bridgehead atoms. The molecule has 3 rings (SSSR count). The van der Waals surface area contributed by atoms with Gasteiger partial charge in [-0.2, -0.15) is 0 Å². The summed E-state index contributed by atoms with van der Waals surface area (Å²) in [5, 5.41) is 9.98. The van der Waals surface area contributed by atoms with Crippen molar-refractivity contribution in [1.29, 1.82) is 0 Å². The highest BCUT2D eigenvalue weighted by atomic mass is 19.1. The maximum absolute atomic E-state index is 13.7. The Morgan fingerprint density at radius 2 is 1.93 bits per heavy atom. The first-order valence-electron chi connectivity index (χ1n) is 9.60. The van der Waals surface area contributed by atoms with E-state index in [1.54, 1.807) is 25.7 Å². The standard InChI is InChI=1S/C20H26F2N2O5/c1-20(2,3)29-19(27)24(11-17(25)23-4-6-28-7-5-23)16-10-13(16)14-8-12(21)9-15(22)18(14)26/h8-9,13,16,26H,4-7,10-11H2,1-3H3. The van der Waals surface area contributed by atoms with Gasteiger partial charge in [0, 0.05) is 36.7 Å². The van der Waals surface area contributed by atoms with Gasteiger partial charge < -0.3 is 19.5 Å². The summed E-state index contributed by atoms with van der Waals surface area (Å²) in [5.41, 5.74) is -0.686. The van der Waals surface area contributed by atoms with E-state index in [0.29, 0.717) is 38.8 Å². The zero-order chi connectivity index (χ0) is 21.3. The normalized spacial score (nSPS) is 21.6. The number of morpholine rings is 1. The molecule has 1 heterocycles. The van der Waals surface area contributed by atoms with E-state index in [1.807, 2.05) is 0 Å². The predicted octanol–water partition coefficient (Wildman–Crippen LogP) is 2.62. The van der Waals surface area contributed by atoms with Crippen molar-refractivity contribution in [2.24, 2.45) is 0 Å². The van der Waals surface area contributed by atoms with Crippen LogP contribution < -0.4 is 0 Å². The van der Waals surface area contributed by atoms with Gasteiger partial charge in [-0.25, -0.2) is 13.6 Å². The van der Waals surface area contributed by atoms with Crippen LogP contribution >= 0.6 is 0 Å². The van der Waals surface area contributed by atoms with Crippen LogP contribution in [0.3, 0.4) is 0 Å². The minimum absolute atomic E-state index is 0.0832. The molecular formula is C20H26F2N2O5. The first-order chi connectivity index (χ1) is 13.6. The van der Waals surface area contributed by atoms with Gasteiger partial charge in [-0.1, -0.05) is 0 Å². The molecule has 2 fully saturated rings. The van der Waals surface area contributed by atoms with Gasteiger partial charge >= 0.3 is 6.09 Å². The lowest BCUT2D eigenvalue weighted by atomic mass is 10.1. The lowest BCUT2D eigenvalue weighted by Gasteiger charge is -2.31. The van der Waals surface area contributed by atoms with E-state index in [0.717, 1.165) is 6.07 Å². The molecule has 2 unspecified atom stereocenters. The summed E-state index contributed by atoms with van der Waals surface area (Å²) in [5.74, 6) is -3.24. The van der Waals surface area contributed by atoms with E-state index in [1.165, 1.54) is 4.90 Å². The Morgan fingerprint density at radius 3 is 2.55 bits per heavy atom. The van der Waals surface area contributed by atoms with Crippen molar-refractivity contribution in [1.82, 2.24) is 9.80 Å². The van der Waals surface area contributed by atoms with Gasteiger partial charge in [0.25, 0.3) is 0 Å². The molecule has 2 amide bonds. The number of phenolic OH excluding ortho intramolecular Hbond substituents is 1. The van der Waals surface area contributed by atoms with Crippen LogP contribution in [0.15, 0.2) is 12.1 Å². The second-order valence-electron chi connectivity index (χ2n) is 8.34. The third-order valence-electron chi connectivity index (χ3n) is 4.91. The Balaban J connectivity index is 1.79. The molecule has 1 aromatic carbocycles. The molecule has 9 heteroatoms. The summed E-state index contributed by atoms with van der Waals surface area (Å²) in [6.45, 7) is 6.66. The van der Waals surface area contributed by atoms with Crippen molar-refractivity contribution in [3.05, 3.63) is 29.3 Å². The molecule has 1 saturated heterocycles. The number of halogens is 2. The number of nitrogens with zero attached hydrogens (tertiary/aromatic N) is 2. The molecule has 1 N–H and O–H groups in total. The maximum Gasteiger partial charge on any atom is 0.411 e. The number of aromatic hydroxyl groups is 1. The number of carbonyl (C=O) groups is 2. The van der Waals surface area contributed by atoms with Gasteiger partial charge in [-0.3, -0.25) is 9.69 Å². The van der Waals surface area contributed by atoms with Crippen molar-refractivity contribution < 1.29 is 33.0 Å². The molecule has 1 saturated carbocycles. The topological polar surface area (TPSA) is 79.3 Å². The van der Waals surface area contributed by atoms with Crippen molar-refractivity contribution in [3.63, 3.8) is 0 Å². The maximum atomic E-state index is 13.7. The Hall–Kier alpha value is -2.42. The van der Waals surface area contributed by atoms with Gasteiger partial charge in [-0.05, 0) is 33.3 Å². The number of hydrogen-bond donors (Lipinski definition) is 1. The summed E-state index contributed by atoms with van der Waals surface area (Å²) in [4.78, 5) is 28.3. The predicted molar refractivity (Wildman–Crippen MR) is 99.5 cm³/mol. The fraction of sp³-hybridized carbons (Fsp3) is 0.600. The minimum Gasteiger partial charge on any atom is -0.505 e. The smallest absolute Gasteiger partial charge is 0.411 e.